The lowest BCUT2D eigenvalue weighted by Gasteiger charge is -1.99. The van der Waals surface area contributed by atoms with E-state index >= 15 is 0 Å². The van der Waals surface area contributed by atoms with Gasteiger partial charge in [0.25, 0.3) is 0 Å². The van der Waals surface area contributed by atoms with E-state index in [1.165, 1.54) is 0 Å². The first-order valence-electron chi connectivity index (χ1n) is 5.87. The third kappa shape index (κ3) is 1.86. The number of carbonyl (C=O) groups excluding carboxylic acids is 1. The quantitative estimate of drug-likeness (QED) is 0.650. The zero-order valence-electron chi connectivity index (χ0n) is 10.2. The lowest BCUT2D eigenvalue weighted by Crippen LogP contribution is -2.24. The van der Waals surface area contributed by atoms with E-state index in [1.54, 1.807) is 0 Å². The summed E-state index contributed by atoms with van der Waals surface area (Å²) in [6.07, 6.45) is 0. The van der Waals surface area contributed by atoms with Crippen molar-refractivity contribution in [3.63, 3.8) is 0 Å². The first-order chi connectivity index (χ1) is 9.22. The molecule has 0 atom stereocenters. The third-order valence-corrected chi connectivity index (χ3v) is 3.81. The van der Waals surface area contributed by atoms with Gasteiger partial charge in [0.05, 0.1) is 17.0 Å². The Hall–Kier alpha value is -2.02. The van der Waals surface area contributed by atoms with E-state index in [9.17, 15) is 9.90 Å². The van der Waals surface area contributed by atoms with Gasteiger partial charge in [0.2, 0.25) is 5.78 Å². The second-order valence-corrected chi connectivity index (χ2v) is 4.95. The van der Waals surface area contributed by atoms with Crippen molar-refractivity contribution in [1.29, 1.82) is 0 Å². The van der Waals surface area contributed by atoms with Gasteiger partial charge in [-0.2, -0.15) is 0 Å². The van der Waals surface area contributed by atoms with Crippen molar-refractivity contribution in [2.45, 2.75) is 18.6 Å². The fourth-order valence-corrected chi connectivity index (χ4v) is 2.82. The standard InChI is InChI=1S/C12H12N4O2S/c1-2-15-8-5-3-4-6-9(8)16-11(15)13-14-12(16)19-7-10(17)18/h3-6H,2,7H2,1H3,(H,17,18)/p-1. The van der Waals surface area contributed by atoms with Crippen LogP contribution in [0.25, 0.3) is 16.8 Å². The van der Waals surface area contributed by atoms with Crippen LogP contribution in [0.15, 0.2) is 29.4 Å². The largest absolute Gasteiger partial charge is 0.549 e. The highest BCUT2D eigenvalue weighted by Crippen LogP contribution is 2.25. The minimum absolute atomic E-state index is 0.133. The Morgan fingerprint density at radius 1 is 1.32 bits per heavy atom. The normalized spacial score (nSPS) is 11.4. The molecule has 0 radical (unpaired) electrons. The smallest absolute Gasteiger partial charge is 0.237 e. The molecule has 0 N–H and O–H groups in total. The minimum Gasteiger partial charge on any atom is -0.549 e. The van der Waals surface area contributed by atoms with Gasteiger partial charge in [-0.15, -0.1) is 10.2 Å². The molecule has 2 heterocycles. The van der Waals surface area contributed by atoms with Crippen LogP contribution < -0.4 is 5.11 Å². The van der Waals surface area contributed by atoms with E-state index in [2.05, 4.69) is 10.2 Å². The van der Waals surface area contributed by atoms with Crippen LogP contribution in [0.2, 0.25) is 0 Å². The number of hydrogen-bond acceptors (Lipinski definition) is 5. The Bertz CT molecular complexity index is 762. The van der Waals surface area contributed by atoms with E-state index in [1.807, 2.05) is 40.2 Å². The van der Waals surface area contributed by atoms with Gasteiger partial charge in [-0.1, -0.05) is 23.9 Å². The highest BCUT2D eigenvalue weighted by molar-refractivity contribution is 7.99. The summed E-state index contributed by atoms with van der Waals surface area (Å²) in [7, 11) is 0. The van der Waals surface area contributed by atoms with Crippen LogP contribution in [0.3, 0.4) is 0 Å². The second-order valence-electron chi connectivity index (χ2n) is 4.01. The molecule has 0 saturated heterocycles. The molecule has 19 heavy (non-hydrogen) atoms. The monoisotopic (exact) mass is 275 g/mol. The van der Waals surface area contributed by atoms with Crippen LogP contribution in [0, 0.1) is 0 Å². The molecule has 6 nitrogen and oxygen atoms in total. The van der Waals surface area contributed by atoms with Crippen molar-refractivity contribution >= 4 is 34.5 Å². The highest BCUT2D eigenvalue weighted by Gasteiger charge is 2.15. The summed E-state index contributed by atoms with van der Waals surface area (Å²) in [5.41, 5.74) is 2.04. The first-order valence-corrected chi connectivity index (χ1v) is 6.86. The van der Waals surface area contributed by atoms with Gasteiger partial charge in [0.15, 0.2) is 5.16 Å². The van der Waals surface area contributed by atoms with Crippen LogP contribution >= 0.6 is 11.8 Å². The molecule has 0 aliphatic rings. The Morgan fingerprint density at radius 2 is 2.05 bits per heavy atom. The Morgan fingerprint density at radius 3 is 2.74 bits per heavy atom. The molecule has 2 aromatic heterocycles. The number of thioether (sulfide) groups is 1. The summed E-state index contributed by atoms with van der Waals surface area (Å²) in [5, 5.41) is 19.3. The number of carboxylic acid groups (broad SMARTS) is 1. The first kappa shape index (κ1) is 12.0. The third-order valence-electron chi connectivity index (χ3n) is 2.91. The summed E-state index contributed by atoms with van der Waals surface area (Å²) in [6, 6.07) is 7.89. The number of para-hydroxylation sites is 2. The zero-order valence-corrected chi connectivity index (χ0v) is 11.1. The van der Waals surface area contributed by atoms with Gasteiger partial charge in [-0.05, 0) is 19.1 Å². The number of rotatable bonds is 4. The van der Waals surface area contributed by atoms with Crippen molar-refractivity contribution in [2.24, 2.45) is 0 Å². The van der Waals surface area contributed by atoms with E-state index in [4.69, 9.17) is 0 Å². The Kier molecular flexibility index (Phi) is 2.90. The number of imidazole rings is 1. The van der Waals surface area contributed by atoms with Crippen LogP contribution in [0.5, 0.6) is 0 Å². The summed E-state index contributed by atoms with van der Waals surface area (Å²) in [5.74, 6) is -0.516. The number of aryl methyl sites for hydroxylation is 1. The molecule has 1 aromatic carbocycles. The molecule has 0 aliphatic heterocycles. The van der Waals surface area contributed by atoms with Gasteiger partial charge in [-0.3, -0.25) is 4.40 Å². The number of carboxylic acids is 1. The van der Waals surface area contributed by atoms with Crippen molar-refractivity contribution in [3.05, 3.63) is 24.3 Å². The summed E-state index contributed by atoms with van der Waals surface area (Å²) < 4.78 is 3.93. The maximum absolute atomic E-state index is 10.6. The molecule has 0 fully saturated rings. The molecule has 0 amide bonds. The molecule has 7 heteroatoms. The van der Waals surface area contributed by atoms with Gasteiger partial charge in [0, 0.05) is 12.3 Å². The van der Waals surface area contributed by atoms with Crippen LogP contribution in [-0.2, 0) is 11.3 Å². The molecule has 0 spiro atoms. The second kappa shape index (κ2) is 4.58. The molecular formula is C12H11N4O2S-. The van der Waals surface area contributed by atoms with Gasteiger partial charge in [-0.25, -0.2) is 0 Å². The van der Waals surface area contributed by atoms with Crippen LogP contribution in [0.4, 0.5) is 0 Å². The number of fused-ring (bicyclic) bond motifs is 3. The van der Waals surface area contributed by atoms with Gasteiger partial charge < -0.3 is 14.5 Å². The van der Waals surface area contributed by atoms with Gasteiger partial charge in [0.1, 0.15) is 0 Å². The van der Waals surface area contributed by atoms with Crippen molar-refractivity contribution in [1.82, 2.24) is 19.2 Å². The molecular weight excluding hydrogens is 264 g/mol. The van der Waals surface area contributed by atoms with E-state index in [-0.39, 0.29) is 5.75 Å². The average molecular weight is 275 g/mol. The minimum atomic E-state index is -1.11. The molecule has 0 unspecified atom stereocenters. The number of benzene rings is 1. The maximum atomic E-state index is 10.6. The SMILES string of the molecule is CCn1c2ccccc2n2c(SCC(=O)[O-])nnc12. The molecule has 98 valence electrons. The van der Waals surface area contributed by atoms with Crippen molar-refractivity contribution < 1.29 is 9.90 Å². The maximum Gasteiger partial charge on any atom is 0.237 e. The predicted octanol–water partition coefficient (Wildman–Crippen LogP) is 0.546. The van der Waals surface area contributed by atoms with Crippen LogP contribution in [-0.4, -0.2) is 30.9 Å². The molecule has 0 bridgehead atoms. The highest BCUT2D eigenvalue weighted by atomic mass is 32.2. The van der Waals surface area contributed by atoms with E-state index in [0.717, 1.165) is 35.1 Å². The molecule has 0 saturated carbocycles. The number of nitrogens with zero attached hydrogens (tertiary/aromatic N) is 4. The number of aromatic nitrogens is 4. The lowest BCUT2D eigenvalue weighted by molar-refractivity contribution is -0.301. The zero-order chi connectivity index (χ0) is 13.4. The number of hydrogen-bond donors (Lipinski definition) is 0. The average Bonchev–Trinajstić information content (AvgIpc) is 2.94. The Balaban J connectivity index is 2.23. The fourth-order valence-electron chi connectivity index (χ4n) is 2.17. The fraction of sp³-hybridized carbons (Fsp3) is 0.250. The lowest BCUT2D eigenvalue weighted by atomic mass is 10.3. The predicted molar refractivity (Wildman–Crippen MR) is 69.9 cm³/mol. The van der Waals surface area contributed by atoms with Crippen molar-refractivity contribution in [2.75, 3.05) is 5.75 Å². The van der Waals surface area contributed by atoms with Crippen LogP contribution in [0.1, 0.15) is 6.92 Å². The summed E-state index contributed by atoms with van der Waals surface area (Å²) >= 11 is 1.12. The summed E-state index contributed by atoms with van der Waals surface area (Å²) in [4.78, 5) is 10.6. The van der Waals surface area contributed by atoms with Crippen molar-refractivity contribution in [3.8, 4) is 0 Å². The van der Waals surface area contributed by atoms with E-state index in [0.29, 0.717) is 5.16 Å². The molecule has 3 rings (SSSR count). The number of carbonyl (C=O) groups is 1. The molecule has 3 aromatic rings. The molecule has 0 aliphatic carbocycles. The van der Waals surface area contributed by atoms with E-state index < -0.39 is 5.97 Å². The van der Waals surface area contributed by atoms with Gasteiger partial charge >= 0.3 is 0 Å². The summed E-state index contributed by atoms with van der Waals surface area (Å²) in [6.45, 7) is 2.81. The Labute approximate surface area is 113 Å². The number of aliphatic carboxylic acids is 1. The topological polar surface area (TPSA) is 75.2 Å².